The largest absolute Gasteiger partial charge is 0.447 e. The van der Waals surface area contributed by atoms with E-state index in [1.807, 2.05) is 25.3 Å². The molecule has 200 valence electrons. The number of anilines is 1. The van der Waals surface area contributed by atoms with Crippen molar-refractivity contribution in [2.75, 3.05) is 18.1 Å². The molecule has 1 atom stereocenters. The van der Waals surface area contributed by atoms with Crippen LogP contribution in [0, 0.1) is 12.8 Å². The van der Waals surface area contributed by atoms with Crippen molar-refractivity contribution >= 4 is 25.6 Å². The van der Waals surface area contributed by atoms with Crippen LogP contribution in [-0.4, -0.2) is 62.8 Å². The lowest BCUT2D eigenvalue weighted by molar-refractivity contribution is 0.0785. The molecule has 0 spiro atoms. The van der Waals surface area contributed by atoms with Crippen LogP contribution >= 0.6 is 0 Å². The third-order valence-corrected chi connectivity index (χ3v) is 8.52. The van der Waals surface area contributed by atoms with Gasteiger partial charge in [-0.1, -0.05) is 51.7 Å². The molecule has 1 aromatic carbocycles. The molecule has 4 heterocycles. The van der Waals surface area contributed by atoms with Gasteiger partial charge in [0.05, 0.1) is 12.2 Å². The number of carbonyl (C=O) groups excluding carboxylic acids is 1. The molecule has 0 bridgehead atoms. The average molecular weight is 534 g/mol. The number of hydrogen-bond acceptors (Lipinski definition) is 7. The molecule has 1 unspecified atom stereocenters. The van der Waals surface area contributed by atoms with Crippen LogP contribution in [0.5, 0.6) is 0 Å². The topological polar surface area (TPSA) is 99.7 Å². The second-order valence-corrected chi connectivity index (χ2v) is 17.0. The number of cyclic esters (lactones) is 1. The number of rotatable bonds is 9. The van der Waals surface area contributed by atoms with Gasteiger partial charge in [-0.05, 0) is 36.1 Å². The fourth-order valence-electron chi connectivity index (χ4n) is 4.49. The molecule has 1 fully saturated rings. The summed E-state index contributed by atoms with van der Waals surface area (Å²) in [5.41, 5.74) is 4.53. The number of aryl methyl sites for hydroxylation is 1. The van der Waals surface area contributed by atoms with Gasteiger partial charge in [0.15, 0.2) is 11.5 Å². The Hall–Kier alpha value is -3.57. The number of amides is 1. The van der Waals surface area contributed by atoms with Gasteiger partial charge in [0, 0.05) is 32.0 Å². The van der Waals surface area contributed by atoms with Gasteiger partial charge in [-0.25, -0.2) is 24.0 Å². The van der Waals surface area contributed by atoms with E-state index in [0.717, 1.165) is 34.9 Å². The lowest BCUT2D eigenvalue weighted by Gasteiger charge is -2.23. The Kier molecular flexibility index (Phi) is 7.06. The molecule has 3 aromatic heterocycles. The molecule has 0 saturated carbocycles. The number of hydrogen-bond donors (Lipinski definition) is 0. The van der Waals surface area contributed by atoms with E-state index < -0.39 is 8.07 Å². The van der Waals surface area contributed by atoms with Crippen LogP contribution in [0.25, 0.3) is 28.2 Å². The Morgan fingerprint density at radius 2 is 2.00 bits per heavy atom. The molecule has 4 aromatic rings. The summed E-state index contributed by atoms with van der Waals surface area (Å²) in [6.07, 6.45) is 4.97. The number of aromatic nitrogens is 6. The first-order valence-corrected chi connectivity index (χ1v) is 16.7. The molecule has 38 heavy (non-hydrogen) atoms. The highest BCUT2D eigenvalue weighted by molar-refractivity contribution is 6.76. The van der Waals surface area contributed by atoms with E-state index in [0.29, 0.717) is 30.6 Å². The number of carbonyl (C=O) groups is 1. The number of fused-ring (bicyclic) bond motifs is 1. The van der Waals surface area contributed by atoms with Gasteiger partial charge in [0.25, 0.3) is 0 Å². The normalized spacial score (nSPS) is 16.1. The minimum atomic E-state index is -1.12. The second kappa shape index (κ2) is 10.3. The van der Waals surface area contributed by atoms with Crippen molar-refractivity contribution in [2.45, 2.75) is 59.2 Å². The molecule has 10 nitrogen and oxygen atoms in total. The van der Waals surface area contributed by atoms with E-state index in [1.54, 1.807) is 32.7 Å². The van der Waals surface area contributed by atoms with Crippen LogP contribution in [0.15, 0.2) is 43.0 Å². The van der Waals surface area contributed by atoms with Gasteiger partial charge in [0.1, 0.15) is 25.5 Å². The van der Waals surface area contributed by atoms with Gasteiger partial charge in [-0.15, -0.1) is 5.10 Å². The van der Waals surface area contributed by atoms with Crippen LogP contribution in [-0.2, 0) is 16.2 Å². The SMILES string of the molecule is Cc1cc(-c2cnn3ccc(N4C(=O)OCC4C(C)C)nc23)ccc1-c1ncn(COCC[Si](C)(C)C)n1. The van der Waals surface area contributed by atoms with E-state index in [-0.39, 0.29) is 18.1 Å². The summed E-state index contributed by atoms with van der Waals surface area (Å²) in [6, 6.07) is 9.01. The molecule has 0 N–H and O–H groups in total. The summed E-state index contributed by atoms with van der Waals surface area (Å²) in [5, 5.41) is 9.10. The molecule has 0 aliphatic carbocycles. The summed E-state index contributed by atoms with van der Waals surface area (Å²) in [4.78, 5) is 23.4. The van der Waals surface area contributed by atoms with E-state index in [9.17, 15) is 4.79 Å². The van der Waals surface area contributed by atoms with Crippen LogP contribution in [0.4, 0.5) is 10.6 Å². The lowest BCUT2D eigenvalue weighted by Crippen LogP contribution is -2.37. The smallest absolute Gasteiger partial charge is 0.415 e. The van der Waals surface area contributed by atoms with Gasteiger partial charge in [-0.3, -0.25) is 4.90 Å². The first-order valence-electron chi connectivity index (χ1n) is 13.0. The molecule has 1 aliphatic rings. The zero-order chi connectivity index (χ0) is 27.0. The number of benzene rings is 1. The Labute approximate surface area is 223 Å². The molecule has 11 heteroatoms. The summed E-state index contributed by atoms with van der Waals surface area (Å²) < 4.78 is 14.6. The van der Waals surface area contributed by atoms with Crippen LogP contribution < -0.4 is 4.90 Å². The van der Waals surface area contributed by atoms with E-state index in [1.165, 1.54) is 0 Å². The van der Waals surface area contributed by atoms with E-state index in [4.69, 9.17) is 14.5 Å². The van der Waals surface area contributed by atoms with Gasteiger partial charge in [0.2, 0.25) is 0 Å². The Morgan fingerprint density at radius 3 is 2.74 bits per heavy atom. The lowest BCUT2D eigenvalue weighted by atomic mass is 10.0. The molecule has 1 saturated heterocycles. The third-order valence-electron chi connectivity index (χ3n) is 6.81. The monoisotopic (exact) mass is 533 g/mol. The third kappa shape index (κ3) is 5.34. The van der Waals surface area contributed by atoms with Crippen molar-refractivity contribution < 1.29 is 14.3 Å². The van der Waals surface area contributed by atoms with Crippen LogP contribution in [0.3, 0.4) is 0 Å². The maximum absolute atomic E-state index is 12.5. The highest BCUT2D eigenvalue weighted by atomic mass is 28.3. The molecule has 1 amide bonds. The first-order chi connectivity index (χ1) is 18.1. The quantitative estimate of drug-likeness (QED) is 0.214. The number of ether oxygens (including phenoxy) is 2. The predicted molar refractivity (Wildman–Crippen MR) is 149 cm³/mol. The molecule has 5 rings (SSSR count). The fourth-order valence-corrected chi connectivity index (χ4v) is 5.24. The molecule has 0 radical (unpaired) electrons. The molecular formula is C27H35N7O3Si. The zero-order valence-electron chi connectivity index (χ0n) is 22.9. The van der Waals surface area contributed by atoms with E-state index in [2.05, 4.69) is 54.7 Å². The Morgan fingerprint density at radius 1 is 1.18 bits per heavy atom. The summed E-state index contributed by atoms with van der Waals surface area (Å²) >= 11 is 0. The van der Waals surface area contributed by atoms with E-state index >= 15 is 0 Å². The highest BCUT2D eigenvalue weighted by Gasteiger charge is 2.37. The van der Waals surface area contributed by atoms with Crippen molar-refractivity contribution in [1.29, 1.82) is 0 Å². The van der Waals surface area contributed by atoms with Crippen LogP contribution in [0.1, 0.15) is 19.4 Å². The Balaban J connectivity index is 1.37. The highest BCUT2D eigenvalue weighted by Crippen LogP contribution is 2.31. The minimum Gasteiger partial charge on any atom is -0.447 e. The van der Waals surface area contributed by atoms with Crippen molar-refractivity contribution in [3.8, 4) is 22.5 Å². The number of nitrogens with zero attached hydrogens (tertiary/aromatic N) is 7. The standard InChI is InChI=1S/C27H35N7O3Si/c1-18(2)23-15-37-27(35)34(23)24-9-10-33-26(30-24)22(14-29-33)20-7-8-21(19(3)13-20)25-28-16-32(31-25)17-36-11-12-38(4,5)6/h7-10,13-14,16,18,23H,11-12,15,17H2,1-6H3. The van der Waals surface area contributed by atoms with Crippen molar-refractivity contribution in [2.24, 2.45) is 5.92 Å². The van der Waals surface area contributed by atoms with Gasteiger partial charge >= 0.3 is 6.09 Å². The summed E-state index contributed by atoms with van der Waals surface area (Å²) in [7, 11) is -1.12. The molecular weight excluding hydrogens is 498 g/mol. The van der Waals surface area contributed by atoms with Crippen molar-refractivity contribution in [1.82, 2.24) is 29.4 Å². The molecule has 1 aliphatic heterocycles. The zero-order valence-corrected chi connectivity index (χ0v) is 23.9. The van der Waals surface area contributed by atoms with Crippen LogP contribution in [0.2, 0.25) is 25.7 Å². The maximum Gasteiger partial charge on any atom is 0.415 e. The Bertz CT molecular complexity index is 1460. The van der Waals surface area contributed by atoms with Crippen molar-refractivity contribution in [3.63, 3.8) is 0 Å². The van der Waals surface area contributed by atoms with Crippen molar-refractivity contribution in [3.05, 3.63) is 48.5 Å². The maximum atomic E-state index is 12.5. The summed E-state index contributed by atoms with van der Waals surface area (Å²) in [6.45, 7) is 14.7. The minimum absolute atomic E-state index is 0.0524. The second-order valence-electron chi connectivity index (χ2n) is 11.4. The first kappa shape index (κ1) is 26.1. The van der Waals surface area contributed by atoms with Gasteiger partial charge in [-0.2, -0.15) is 5.10 Å². The fraction of sp³-hybridized carbons (Fsp3) is 0.444. The van der Waals surface area contributed by atoms with Gasteiger partial charge < -0.3 is 9.47 Å². The predicted octanol–water partition coefficient (Wildman–Crippen LogP) is 5.26. The summed E-state index contributed by atoms with van der Waals surface area (Å²) in [5.74, 6) is 1.47. The average Bonchev–Trinajstić information content (AvgIpc) is 3.59.